The molecular weight excluding hydrogens is 454 g/mol. The van der Waals surface area contributed by atoms with Gasteiger partial charge in [-0.1, -0.05) is 11.6 Å². The van der Waals surface area contributed by atoms with Crippen LogP contribution in [-0.4, -0.2) is 5.91 Å². The highest BCUT2D eigenvalue weighted by atomic mass is 127. The lowest BCUT2D eigenvalue weighted by Gasteiger charge is -2.09. The number of amides is 1. The van der Waals surface area contributed by atoms with Gasteiger partial charge in [-0.3, -0.25) is 4.79 Å². The number of benzene rings is 2. The molecule has 0 atom stereocenters. The molecule has 0 aliphatic carbocycles. The fraction of sp³-hybridized carbons (Fsp3) is 0. The monoisotopic (exact) mass is 460 g/mol. The molecule has 2 aromatic carbocycles. The van der Waals surface area contributed by atoms with Crippen LogP contribution in [-0.2, 0) is 0 Å². The van der Waals surface area contributed by atoms with Gasteiger partial charge in [-0.25, -0.2) is 0 Å². The number of rotatable bonds is 2. The van der Waals surface area contributed by atoms with E-state index in [0.717, 1.165) is 3.57 Å². The van der Waals surface area contributed by atoms with E-state index in [0.29, 0.717) is 26.3 Å². The topological polar surface area (TPSA) is 52.9 Å². The molecule has 0 bridgehead atoms. The van der Waals surface area contributed by atoms with Gasteiger partial charge in [0.2, 0.25) is 0 Å². The minimum absolute atomic E-state index is 0.248. The quantitative estimate of drug-likeness (QED) is 0.652. The van der Waals surface area contributed by atoms with Crippen LogP contribution in [0.2, 0.25) is 5.02 Å². The summed E-state index contributed by atoms with van der Waals surface area (Å²) in [6.45, 7) is 0. The molecule has 0 spiro atoms. The normalized spacial score (nSPS) is 9.90. The fourth-order valence-corrected chi connectivity index (χ4v) is 2.78. The summed E-state index contributed by atoms with van der Waals surface area (Å²) in [5.74, 6) is -0.248. The number of nitrogens with one attached hydrogen (secondary N) is 1. The zero-order valence-electron chi connectivity index (χ0n) is 9.95. The molecule has 0 saturated carbocycles. The van der Waals surface area contributed by atoms with Crippen LogP contribution in [0.15, 0.2) is 40.9 Å². The molecule has 0 fully saturated rings. The Morgan fingerprint density at radius 3 is 2.70 bits per heavy atom. The fourth-order valence-electron chi connectivity index (χ4n) is 1.55. The Bertz CT molecular complexity index is 728. The molecule has 0 unspecified atom stereocenters. The first-order chi connectivity index (χ1) is 9.51. The van der Waals surface area contributed by atoms with Crippen LogP contribution in [0.1, 0.15) is 15.9 Å². The standard InChI is InChI=1S/C14H7BrClIN2O/c15-11-5-8(7-18)1-4-13(11)19-14(20)10-6-9(16)2-3-12(10)17/h1-6H,(H,19,20). The van der Waals surface area contributed by atoms with E-state index in [9.17, 15) is 4.79 Å². The summed E-state index contributed by atoms with van der Waals surface area (Å²) >= 11 is 11.3. The molecular formula is C14H7BrClIN2O. The van der Waals surface area contributed by atoms with E-state index in [1.54, 1.807) is 36.4 Å². The van der Waals surface area contributed by atoms with Crippen LogP contribution in [0.5, 0.6) is 0 Å². The van der Waals surface area contributed by atoms with Gasteiger partial charge in [-0.2, -0.15) is 5.26 Å². The Morgan fingerprint density at radius 1 is 1.30 bits per heavy atom. The maximum Gasteiger partial charge on any atom is 0.256 e. The number of nitriles is 1. The van der Waals surface area contributed by atoms with Gasteiger partial charge in [0.15, 0.2) is 0 Å². The van der Waals surface area contributed by atoms with Crippen molar-refractivity contribution in [3.05, 3.63) is 60.6 Å². The second kappa shape index (κ2) is 6.57. The summed E-state index contributed by atoms with van der Waals surface area (Å²) in [6, 6.07) is 12.1. The molecule has 0 aliphatic heterocycles. The maximum absolute atomic E-state index is 12.2. The van der Waals surface area contributed by atoms with Crippen molar-refractivity contribution in [3.63, 3.8) is 0 Å². The van der Waals surface area contributed by atoms with Crippen molar-refractivity contribution in [2.45, 2.75) is 0 Å². The Hall–Kier alpha value is -1.10. The molecule has 1 N–H and O–H groups in total. The van der Waals surface area contributed by atoms with Gasteiger partial charge in [-0.15, -0.1) is 0 Å². The second-order valence-corrected chi connectivity index (χ2v) is 6.34. The van der Waals surface area contributed by atoms with E-state index in [2.05, 4.69) is 43.8 Å². The minimum atomic E-state index is -0.248. The van der Waals surface area contributed by atoms with E-state index >= 15 is 0 Å². The van der Waals surface area contributed by atoms with Gasteiger partial charge < -0.3 is 5.32 Å². The number of anilines is 1. The molecule has 100 valence electrons. The van der Waals surface area contributed by atoms with Crippen LogP contribution in [0.3, 0.4) is 0 Å². The molecule has 2 rings (SSSR count). The smallest absolute Gasteiger partial charge is 0.256 e. The summed E-state index contributed by atoms with van der Waals surface area (Å²) in [5.41, 5.74) is 1.63. The van der Waals surface area contributed by atoms with Gasteiger partial charge in [-0.05, 0) is 74.9 Å². The summed E-state index contributed by atoms with van der Waals surface area (Å²) in [5, 5.41) is 12.1. The highest BCUT2D eigenvalue weighted by Gasteiger charge is 2.12. The summed E-state index contributed by atoms with van der Waals surface area (Å²) < 4.78 is 1.47. The lowest BCUT2D eigenvalue weighted by atomic mass is 10.2. The van der Waals surface area contributed by atoms with Gasteiger partial charge >= 0.3 is 0 Å². The first-order valence-electron chi connectivity index (χ1n) is 5.47. The highest BCUT2D eigenvalue weighted by molar-refractivity contribution is 14.1. The van der Waals surface area contributed by atoms with Crippen LogP contribution >= 0.6 is 50.1 Å². The van der Waals surface area contributed by atoms with E-state index < -0.39 is 0 Å². The lowest BCUT2D eigenvalue weighted by molar-refractivity contribution is 0.102. The van der Waals surface area contributed by atoms with Crippen molar-refractivity contribution in [1.29, 1.82) is 5.26 Å². The summed E-state index contributed by atoms with van der Waals surface area (Å²) in [6.07, 6.45) is 0. The van der Waals surface area contributed by atoms with Gasteiger partial charge in [0.1, 0.15) is 0 Å². The van der Waals surface area contributed by atoms with E-state index in [1.807, 2.05) is 6.07 Å². The molecule has 1 amide bonds. The molecule has 0 radical (unpaired) electrons. The highest BCUT2D eigenvalue weighted by Crippen LogP contribution is 2.25. The van der Waals surface area contributed by atoms with Crippen LogP contribution in [0.4, 0.5) is 5.69 Å². The minimum Gasteiger partial charge on any atom is -0.321 e. The lowest BCUT2D eigenvalue weighted by Crippen LogP contribution is -2.13. The number of hydrogen-bond acceptors (Lipinski definition) is 2. The maximum atomic E-state index is 12.2. The zero-order chi connectivity index (χ0) is 14.7. The SMILES string of the molecule is N#Cc1ccc(NC(=O)c2cc(Cl)ccc2I)c(Br)c1. The molecule has 6 heteroatoms. The average Bonchev–Trinajstić information content (AvgIpc) is 2.43. The largest absolute Gasteiger partial charge is 0.321 e. The molecule has 0 aromatic heterocycles. The van der Waals surface area contributed by atoms with Crippen molar-refractivity contribution in [2.24, 2.45) is 0 Å². The molecule has 0 aliphatic rings. The Morgan fingerprint density at radius 2 is 2.05 bits per heavy atom. The Kier molecular flexibility index (Phi) is 5.02. The predicted molar refractivity (Wildman–Crippen MR) is 91.0 cm³/mol. The van der Waals surface area contributed by atoms with E-state index in [4.69, 9.17) is 16.9 Å². The van der Waals surface area contributed by atoms with Gasteiger partial charge in [0.05, 0.1) is 22.9 Å². The average molecular weight is 461 g/mol. The third kappa shape index (κ3) is 3.51. The molecule has 0 heterocycles. The zero-order valence-corrected chi connectivity index (χ0v) is 14.5. The number of carbonyl (C=O) groups is 1. The summed E-state index contributed by atoms with van der Waals surface area (Å²) in [4.78, 5) is 12.2. The predicted octanol–water partition coefficient (Wildman–Crippen LogP) is 4.83. The molecule has 3 nitrogen and oxygen atoms in total. The van der Waals surface area contributed by atoms with Crippen molar-refractivity contribution in [3.8, 4) is 6.07 Å². The number of halogens is 3. The van der Waals surface area contributed by atoms with Gasteiger partial charge in [0, 0.05) is 13.1 Å². The van der Waals surface area contributed by atoms with Crippen molar-refractivity contribution in [2.75, 3.05) is 5.32 Å². The molecule has 20 heavy (non-hydrogen) atoms. The van der Waals surface area contributed by atoms with Crippen molar-refractivity contribution in [1.82, 2.24) is 0 Å². The third-order valence-corrected chi connectivity index (χ3v) is 4.35. The first-order valence-corrected chi connectivity index (χ1v) is 7.72. The number of nitrogens with zero attached hydrogens (tertiary/aromatic N) is 1. The van der Waals surface area contributed by atoms with E-state index in [1.165, 1.54) is 0 Å². The number of carbonyl (C=O) groups excluding carboxylic acids is 1. The van der Waals surface area contributed by atoms with Crippen LogP contribution in [0.25, 0.3) is 0 Å². The van der Waals surface area contributed by atoms with Gasteiger partial charge in [0.25, 0.3) is 5.91 Å². The van der Waals surface area contributed by atoms with Crippen LogP contribution < -0.4 is 5.32 Å². The molecule has 0 saturated heterocycles. The Balaban J connectivity index is 2.28. The first kappa shape index (κ1) is 15.3. The van der Waals surface area contributed by atoms with Crippen molar-refractivity contribution >= 4 is 61.7 Å². The number of hydrogen-bond donors (Lipinski definition) is 1. The third-order valence-electron chi connectivity index (χ3n) is 2.52. The summed E-state index contributed by atoms with van der Waals surface area (Å²) in [7, 11) is 0. The van der Waals surface area contributed by atoms with Crippen molar-refractivity contribution < 1.29 is 4.79 Å². The molecule has 2 aromatic rings. The van der Waals surface area contributed by atoms with E-state index in [-0.39, 0.29) is 5.91 Å². The Labute approximate surface area is 143 Å². The van der Waals surface area contributed by atoms with Crippen LogP contribution in [0, 0.1) is 14.9 Å². The second-order valence-electron chi connectivity index (χ2n) is 3.88.